The number of rotatable bonds is 8. The van der Waals surface area contributed by atoms with Crippen LogP contribution >= 0.6 is 0 Å². The number of pyridine rings is 1. The molecule has 10 heteroatoms. The lowest BCUT2D eigenvalue weighted by Crippen LogP contribution is -2.52. The minimum Gasteiger partial charge on any atom is -0.497 e. The molecule has 0 saturated carbocycles. The number of nitrogens with one attached hydrogen (secondary N) is 2. The van der Waals surface area contributed by atoms with E-state index in [-0.39, 0.29) is 23.5 Å². The second-order valence-corrected chi connectivity index (χ2v) is 7.68. The number of methoxy groups -OCH3 is 1. The molecule has 1 fully saturated rings. The molecule has 1 aliphatic heterocycles. The van der Waals surface area contributed by atoms with Crippen LogP contribution in [0, 0.1) is 10.1 Å². The van der Waals surface area contributed by atoms with Gasteiger partial charge in [0, 0.05) is 44.7 Å². The highest BCUT2D eigenvalue weighted by Crippen LogP contribution is 2.27. The van der Waals surface area contributed by atoms with Gasteiger partial charge in [0.2, 0.25) is 17.6 Å². The molecule has 0 radical (unpaired) electrons. The quantitative estimate of drug-likeness (QED) is 0.473. The van der Waals surface area contributed by atoms with Gasteiger partial charge in [-0.2, -0.15) is 0 Å². The summed E-state index contributed by atoms with van der Waals surface area (Å²) in [5.74, 6) is 0.479. The number of hydrogen-bond donors (Lipinski definition) is 2. The summed E-state index contributed by atoms with van der Waals surface area (Å²) in [6, 6.07) is 9.53. The Bertz CT molecular complexity index is 975. The molecule has 0 aliphatic carbocycles. The summed E-state index contributed by atoms with van der Waals surface area (Å²) < 4.78 is 5.23. The maximum absolute atomic E-state index is 12.9. The molecule has 1 atom stereocenters. The molecule has 1 aliphatic rings. The summed E-state index contributed by atoms with van der Waals surface area (Å²) in [6.45, 7) is 2.44. The molecular weight excluding hydrogens is 414 g/mol. The Kier molecular flexibility index (Phi) is 7.58. The molecule has 1 aromatic carbocycles. The van der Waals surface area contributed by atoms with Crippen LogP contribution in [0.25, 0.3) is 0 Å². The fraction of sp³-hybridized carbons (Fsp3) is 0.409. The van der Waals surface area contributed by atoms with Crippen molar-refractivity contribution >= 4 is 23.3 Å². The Labute approximate surface area is 186 Å². The Hall–Kier alpha value is -3.69. The zero-order chi connectivity index (χ0) is 23.1. The smallest absolute Gasteiger partial charge is 0.311 e. The predicted molar refractivity (Wildman–Crippen MR) is 119 cm³/mol. The van der Waals surface area contributed by atoms with Crippen molar-refractivity contribution < 1.29 is 19.2 Å². The zero-order valence-corrected chi connectivity index (χ0v) is 18.1. The minimum absolute atomic E-state index is 0.0287. The Morgan fingerprint density at radius 1 is 1.28 bits per heavy atom. The van der Waals surface area contributed by atoms with Gasteiger partial charge in [-0.05, 0) is 36.6 Å². The van der Waals surface area contributed by atoms with Crippen LogP contribution in [0.5, 0.6) is 5.75 Å². The van der Waals surface area contributed by atoms with E-state index in [2.05, 4.69) is 15.6 Å². The number of nitrogens with zero attached hydrogens (tertiary/aromatic N) is 3. The molecule has 0 unspecified atom stereocenters. The van der Waals surface area contributed by atoms with Crippen molar-refractivity contribution in [2.24, 2.45) is 0 Å². The standard InChI is InChI=1S/C22H27N5O5/c1-15(28)24-19(14-16-5-3-6-18(13-16)32-2)22(29)25-17-8-11-26(12-9-17)21-20(27(30)31)7-4-10-23-21/h3-7,10,13,17,19H,8-9,11-12,14H2,1-2H3,(H,24,28)(H,25,29)/t19-/m0/s1. The van der Waals surface area contributed by atoms with Crippen molar-refractivity contribution in [2.75, 3.05) is 25.1 Å². The van der Waals surface area contributed by atoms with E-state index in [4.69, 9.17) is 4.74 Å². The van der Waals surface area contributed by atoms with Crippen LogP contribution in [0.4, 0.5) is 11.5 Å². The van der Waals surface area contributed by atoms with E-state index < -0.39 is 11.0 Å². The number of piperidine rings is 1. The summed E-state index contributed by atoms with van der Waals surface area (Å²) in [7, 11) is 1.57. The van der Waals surface area contributed by atoms with Crippen LogP contribution < -0.4 is 20.3 Å². The first-order chi connectivity index (χ1) is 15.4. The molecule has 2 aromatic rings. The Morgan fingerprint density at radius 2 is 2.03 bits per heavy atom. The van der Waals surface area contributed by atoms with Gasteiger partial charge >= 0.3 is 5.69 Å². The van der Waals surface area contributed by atoms with Crippen molar-refractivity contribution in [3.8, 4) is 5.75 Å². The van der Waals surface area contributed by atoms with Crippen molar-refractivity contribution in [3.05, 3.63) is 58.3 Å². The molecule has 3 rings (SSSR count). The lowest BCUT2D eigenvalue weighted by molar-refractivity contribution is -0.384. The first-order valence-electron chi connectivity index (χ1n) is 10.4. The summed E-state index contributed by atoms with van der Waals surface area (Å²) in [5.41, 5.74) is 0.842. The van der Waals surface area contributed by atoms with Gasteiger partial charge < -0.3 is 20.3 Å². The molecule has 2 amide bonds. The number of carbonyl (C=O) groups is 2. The van der Waals surface area contributed by atoms with E-state index in [0.29, 0.717) is 43.9 Å². The van der Waals surface area contributed by atoms with Gasteiger partial charge in [-0.25, -0.2) is 4.98 Å². The lowest BCUT2D eigenvalue weighted by atomic mass is 10.0. The monoisotopic (exact) mass is 441 g/mol. The van der Waals surface area contributed by atoms with E-state index in [1.165, 1.54) is 19.2 Å². The largest absolute Gasteiger partial charge is 0.497 e. The Morgan fingerprint density at radius 3 is 2.69 bits per heavy atom. The average Bonchev–Trinajstić information content (AvgIpc) is 2.79. The van der Waals surface area contributed by atoms with Gasteiger partial charge in [0.15, 0.2) is 0 Å². The fourth-order valence-corrected chi connectivity index (χ4v) is 3.80. The number of ether oxygens (including phenoxy) is 1. The first kappa shape index (κ1) is 23.0. The number of benzene rings is 1. The number of aromatic nitrogens is 1. The number of hydrogen-bond acceptors (Lipinski definition) is 7. The molecule has 0 spiro atoms. The van der Waals surface area contributed by atoms with Crippen LogP contribution in [-0.4, -0.2) is 54.0 Å². The van der Waals surface area contributed by atoms with Gasteiger partial charge in [0.1, 0.15) is 11.8 Å². The van der Waals surface area contributed by atoms with Crippen LogP contribution in [0.1, 0.15) is 25.3 Å². The lowest BCUT2D eigenvalue weighted by Gasteiger charge is -2.33. The molecule has 10 nitrogen and oxygen atoms in total. The van der Waals surface area contributed by atoms with Crippen molar-refractivity contribution in [1.29, 1.82) is 0 Å². The van der Waals surface area contributed by atoms with Crippen LogP contribution in [0.15, 0.2) is 42.6 Å². The number of anilines is 1. The third kappa shape index (κ3) is 5.93. The van der Waals surface area contributed by atoms with Gasteiger partial charge in [0.05, 0.1) is 12.0 Å². The zero-order valence-electron chi connectivity index (χ0n) is 18.1. The molecule has 2 heterocycles. The highest BCUT2D eigenvalue weighted by molar-refractivity contribution is 5.87. The number of nitro groups is 1. The number of amides is 2. The van der Waals surface area contributed by atoms with E-state index in [9.17, 15) is 19.7 Å². The van der Waals surface area contributed by atoms with E-state index in [1.807, 2.05) is 29.2 Å². The van der Waals surface area contributed by atoms with Gasteiger partial charge in [0.25, 0.3) is 0 Å². The summed E-state index contributed by atoms with van der Waals surface area (Å²) in [5, 5.41) is 17.0. The van der Waals surface area contributed by atoms with Crippen molar-refractivity contribution in [1.82, 2.24) is 15.6 Å². The summed E-state index contributed by atoms with van der Waals surface area (Å²) >= 11 is 0. The maximum atomic E-state index is 12.9. The predicted octanol–water partition coefficient (Wildman–Crippen LogP) is 1.83. The van der Waals surface area contributed by atoms with Crippen LogP contribution in [-0.2, 0) is 16.0 Å². The summed E-state index contributed by atoms with van der Waals surface area (Å²) in [6.07, 6.45) is 3.10. The SMILES string of the molecule is COc1cccc(C[C@H](NC(C)=O)C(=O)NC2CCN(c3ncccc3[N+](=O)[O-])CC2)c1. The van der Waals surface area contributed by atoms with Crippen LogP contribution in [0.3, 0.4) is 0 Å². The summed E-state index contributed by atoms with van der Waals surface area (Å²) in [4.78, 5) is 41.5. The highest BCUT2D eigenvalue weighted by Gasteiger charge is 2.28. The van der Waals surface area contributed by atoms with E-state index in [0.717, 1.165) is 5.56 Å². The molecule has 1 saturated heterocycles. The maximum Gasteiger partial charge on any atom is 0.311 e. The Balaban J connectivity index is 1.61. The van der Waals surface area contributed by atoms with Gasteiger partial charge in [-0.15, -0.1) is 0 Å². The molecular formula is C22H27N5O5. The van der Waals surface area contributed by atoms with Crippen molar-refractivity contribution in [3.63, 3.8) is 0 Å². The average molecular weight is 441 g/mol. The first-order valence-corrected chi connectivity index (χ1v) is 10.4. The molecule has 170 valence electrons. The minimum atomic E-state index is -0.713. The fourth-order valence-electron chi connectivity index (χ4n) is 3.80. The molecule has 1 aromatic heterocycles. The highest BCUT2D eigenvalue weighted by atomic mass is 16.6. The van der Waals surface area contributed by atoms with Gasteiger partial charge in [-0.3, -0.25) is 19.7 Å². The normalized spacial score (nSPS) is 15.0. The second kappa shape index (κ2) is 10.6. The second-order valence-electron chi connectivity index (χ2n) is 7.68. The van der Waals surface area contributed by atoms with E-state index >= 15 is 0 Å². The topological polar surface area (TPSA) is 127 Å². The third-order valence-corrected chi connectivity index (χ3v) is 5.37. The number of carbonyl (C=O) groups excluding carboxylic acids is 2. The molecule has 32 heavy (non-hydrogen) atoms. The third-order valence-electron chi connectivity index (χ3n) is 5.37. The van der Waals surface area contributed by atoms with Gasteiger partial charge in [-0.1, -0.05) is 12.1 Å². The molecule has 0 bridgehead atoms. The van der Waals surface area contributed by atoms with Crippen molar-refractivity contribution in [2.45, 2.75) is 38.3 Å². The van der Waals surface area contributed by atoms with E-state index in [1.54, 1.807) is 13.2 Å². The van der Waals surface area contributed by atoms with Crippen LogP contribution in [0.2, 0.25) is 0 Å². The molecule has 2 N–H and O–H groups in total.